The summed E-state index contributed by atoms with van der Waals surface area (Å²) in [6, 6.07) is 0. The number of hydrogen-bond donors (Lipinski definition) is 3. The molecule has 0 aromatic heterocycles. The molecule has 0 aliphatic rings. The van der Waals surface area contributed by atoms with Gasteiger partial charge in [-0.1, -0.05) is 6.92 Å². The van der Waals surface area contributed by atoms with E-state index in [1.54, 1.807) is 0 Å². The quantitative estimate of drug-likeness (QED) is 0.239. The fourth-order valence-corrected chi connectivity index (χ4v) is 5.76. The highest BCUT2D eigenvalue weighted by Gasteiger charge is 2.12. The number of hydrogen-bond acceptors (Lipinski definition) is 7. The van der Waals surface area contributed by atoms with Crippen molar-refractivity contribution in [3.8, 4) is 0 Å². The molecule has 110 valence electrons. The molecule has 0 aromatic carbocycles. The van der Waals surface area contributed by atoms with E-state index < -0.39 is 3.41 Å². The van der Waals surface area contributed by atoms with Gasteiger partial charge in [0, 0.05) is 28.8 Å². The van der Waals surface area contributed by atoms with Gasteiger partial charge in [0.05, 0.1) is 0 Å². The third kappa shape index (κ3) is 18.4. The molecule has 0 aliphatic heterocycles. The molecule has 0 saturated carbocycles. The Hall–Kier alpha value is 2.45. The van der Waals surface area contributed by atoms with Crippen LogP contribution in [-0.4, -0.2) is 49.4 Å². The minimum absolute atomic E-state index is 0.428. The second-order valence-corrected chi connectivity index (χ2v) is 11.9. The van der Waals surface area contributed by atoms with Crippen LogP contribution in [0.1, 0.15) is 13.3 Å². The average molecular weight is 381 g/mol. The second kappa shape index (κ2) is 14.4. The first kappa shape index (κ1) is 20.5. The van der Waals surface area contributed by atoms with Gasteiger partial charge >= 0.3 is 0 Å². The Bertz CT molecular complexity index is 169. The van der Waals surface area contributed by atoms with Crippen molar-refractivity contribution in [1.82, 2.24) is 0 Å². The predicted octanol–water partition coefficient (Wildman–Crippen LogP) is 4.77. The Labute approximate surface area is 146 Å². The molecular formula is C11H24S7. The summed E-state index contributed by atoms with van der Waals surface area (Å²) in [5.74, 6) is 9.77. The van der Waals surface area contributed by atoms with Crippen LogP contribution in [0.4, 0.5) is 0 Å². The smallest absolute Gasteiger partial charge is 0.107 e. The lowest BCUT2D eigenvalue weighted by Gasteiger charge is -2.13. The van der Waals surface area contributed by atoms with E-state index in [1.807, 2.05) is 23.5 Å². The molecule has 7 heteroatoms. The Morgan fingerprint density at radius 1 is 0.722 bits per heavy atom. The third-order valence-electron chi connectivity index (χ3n) is 1.82. The van der Waals surface area contributed by atoms with E-state index in [0.29, 0.717) is 0 Å². The molecule has 0 amide bonds. The van der Waals surface area contributed by atoms with Gasteiger partial charge < -0.3 is 0 Å². The van der Waals surface area contributed by atoms with Crippen molar-refractivity contribution in [1.29, 1.82) is 0 Å². The van der Waals surface area contributed by atoms with Crippen LogP contribution < -0.4 is 0 Å². The molecule has 0 fully saturated rings. The summed E-state index contributed by atoms with van der Waals surface area (Å²) >= 11 is 20.8. The Balaban J connectivity index is 2.99. The zero-order valence-corrected chi connectivity index (χ0v) is 16.8. The molecule has 0 heterocycles. The van der Waals surface area contributed by atoms with Crippen LogP contribution in [-0.2, 0) is 0 Å². The van der Waals surface area contributed by atoms with E-state index in [-0.39, 0.29) is 0 Å². The first-order valence-corrected chi connectivity index (χ1v) is 12.0. The van der Waals surface area contributed by atoms with Crippen molar-refractivity contribution in [3.63, 3.8) is 0 Å². The summed E-state index contributed by atoms with van der Waals surface area (Å²) in [5.41, 5.74) is 0. The number of thioether (sulfide) groups is 4. The molecule has 0 rings (SSSR count). The maximum atomic E-state index is 4.26. The van der Waals surface area contributed by atoms with Crippen LogP contribution in [0, 0.1) is 0 Å². The summed E-state index contributed by atoms with van der Waals surface area (Å²) < 4.78 is -0.428. The van der Waals surface area contributed by atoms with E-state index in [2.05, 4.69) is 68.3 Å². The highest BCUT2D eigenvalue weighted by Crippen LogP contribution is 2.28. The van der Waals surface area contributed by atoms with Gasteiger partial charge in [0.15, 0.2) is 0 Å². The molecule has 0 nitrogen and oxygen atoms in total. The second-order valence-electron chi connectivity index (χ2n) is 3.60. The number of thiol groups is 3. The summed E-state index contributed by atoms with van der Waals surface area (Å²) in [5, 5.41) is 0. The standard InChI is InChI=1S/C11H24S7/c1-2-15-6-7-16-4-3-5-17-8-9-18-10-11(12,13)14/h12-14H,2-10H2,1H3. The van der Waals surface area contributed by atoms with Gasteiger partial charge in [0.25, 0.3) is 0 Å². The lowest BCUT2D eigenvalue weighted by molar-refractivity contribution is 1.12. The molecular weight excluding hydrogens is 357 g/mol. The van der Waals surface area contributed by atoms with Crippen LogP contribution >= 0.6 is 84.9 Å². The summed E-state index contributed by atoms with van der Waals surface area (Å²) in [6.07, 6.45) is 1.34. The Kier molecular flexibility index (Phi) is 16.3. The average Bonchev–Trinajstić information content (AvgIpc) is 2.29. The minimum Gasteiger partial charge on any atom is -0.161 e. The molecule has 0 atom stereocenters. The number of rotatable bonds is 13. The van der Waals surface area contributed by atoms with Crippen molar-refractivity contribution >= 4 is 84.9 Å². The van der Waals surface area contributed by atoms with Crippen molar-refractivity contribution < 1.29 is 0 Å². The zero-order valence-electron chi connectivity index (χ0n) is 10.8. The van der Waals surface area contributed by atoms with Gasteiger partial charge in [-0.25, -0.2) is 0 Å². The van der Waals surface area contributed by atoms with Gasteiger partial charge in [-0.3, -0.25) is 0 Å². The van der Waals surface area contributed by atoms with Crippen molar-refractivity contribution in [2.45, 2.75) is 16.8 Å². The van der Waals surface area contributed by atoms with E-state index in [4.69, 9.17) is 0 Å². The lowest BCUT2D eigenvalue weighted by atomic mass is 10.6. The molecule has 0 aromatic rings. The van der Waals surface area contributed by atoms with Crippen molar-refractivity contribution in [3.05, 3.63) is 0 Å². The molecule has 18 heavy (non-hydrogen) atoms. The molecule has 0 spiro atoms. The summed E-state index contributed by atoms with van der Waals surface area (Å²) in [6.45, 7) is 2.23. The van der Waals surface area contributed by atoms with Gasteiger partial charge in [-0.15, -0.1) is 0 Å². The fourth-order valence-electron chi connectivity index (χ4n) is 1.06. The van der Waals surface area contributed by atoms with Crippen LogP contribution in [0.5, 0.6) is 0 Å². The summed E-state index contributed by atoms with van der Waals surface area (Å²) in [4.78, 5) is 0. The first-order chi connectivity index (χ1) is 8.56. The first-order valence-electron chi connectivity index (χ1n) is 6.04. The minimum atomic E-state index is -0.428. The van der Waals surface area contributed by atoms with E-state index in [0.717, 1.165) is 5.75 Å². The largest absolute Gasteiger partial charge is 0.161 e. The van der Waals surface area contributed by atoms with E-state index in [1.165, 1.54) is 46.7 Å². The zero-order chi connectivity index (χ0) is 13.7. The summed E-state index contributed by atoms with van der Waals surface area (Å²) in [7, 11) is 0. The van der Waals surface area contributed by atoms with Crippen LogP contribution in [0.25, 0.3) is 0 Å². The molecule has 0 aliphatic carbocycles. The van der Waals surface area contributed by atoms with E-state index >= 15 is 0 Å². The van der Waals surface area contributed by atoms with Crippen LogP contribution in [0.2, 0.25) is 0 Å². The highest BCUT2D eigenvalue weighted by atomic mass is 32.2. The molecule has 0 bridgehead atoms. The molecule has 0 unspecified atom stereocenters. The molecule has 0 N–H and O–H groups in total. The van der Waals surface area contributed by atoms with Gasteiger partial charge in [-0.2, -0.15) is 84.9 Å². The maximum Gasteiger partial charge on any atom is 0.107 e. The van der Waals surface area contributed by atoms with Crippen molar-refractivity contribution in [2.75, 3.05) is 46.0 Å². The van der Waals surface area contributed by atoms with Gasteiger partial charge in [0.1, 0.15) is 3.41 Å². The molecule has 0 saturated heterocycles. The van der Waals surface area contributed by atoms with Crippen molar-refractivity contribution in [2.24, 2.45) is 0 Å². The van der Waals surface area contributed by atoms with Crippen LogP contribution in [0.3, 0.4) is 0 Å². The Morgan fingerprint density at radius 2 is 1.22 bits per heavy atom. The molecule has 0 radical (unpaired) electrons. The fraction of sp³-hybridized carbons (Fsp3) is 1.00. The normalized spacial score (nSPS) is 12.0. The van der Waals surface area contributed by atoms with E-state index in [9.17, 15) is 0 Å². The van der Waals surface area contributed by atoms with Crippen LogP contribution in [0.15, 0.2) is 0 Å². The van der Waals surface area contributed by atoms with Gasteiger partial charge in [-0.05, 0) is 23.7 Å². The topological polar surface area (TPSA) is 0 Å². The van der Waals surface area contributed by atoms with Gasteiger partial charge in [0.2, 0.25) is 0 Å². The maximum absolute atomic E-state index is 4.26. The third-order valence-corrected chi connectivity index (χ3v) is 7.63. The highest BCUT2D eigenvalue weighted by molar-refractivity contribution is 8.18. The SMILES string of the molecule is CCSCCSCCCSCCSCC(S)(S)S. The monoisotopic (exact) mass is 380 g/mol. The Morgan fingerprint density at radius 3 is 1.72 bits per heavy atom. The predicted molar refractivity (Wildman–Crippen MR) is 109 cm³/mol. The lowest BCUT2D eigenvalue weighted by Crippen LogP contribution is -2.07.